The van der Waals surface area contributed by atoms with Crippen molar-refractivity contribution in [1.29, 1.82) is 5.26 Å². The fourth-order valence-electron chi connectivity index (χ4n) is 9.62. The molecule has 0 aliphatic rings. The molecule has 0 aliphatic heterocycles. The molecule has 0 atom stereocenters. The third-order valence-corrected chi connectivity index (χ3v) is 12.7. The normalized spacial score (nSPS) is 11.5. The van der Waals surface area contributed by atoms with E-state index in [1.807, 2.05) is 60.7 Å². The molecule has 0 amide bonds. The summed E-state index contributed by atoms with van der Waals surface area (Å²) in [7, 11) is 0. The Labute approximate surface area is 382 Å². The van der Waals surface area contributed by atoms with Crippen LogP contribution in [0.4, 0.5) is 0 Å². The summed E-state index contributed by atoms with van der Waals surface area (Å²) in [5.74, 6) is 1.63. The lowest BCUT2D eigenvalue weighted by molar-refractivity contribution is 1.06. The van der Waals surface area contributed by atoms with Crippen LogP contribution in [0.25, 0.3) is 111 Å². The van der Waals surface area contributed by atoms with Gasteiger partial charge in [0.1, 0.15) is 11.6 Å². The van der Waals surface area contributed by atoms with Gasteiger partial charge in [-0.1, -0.05) is 169 Å². The summed E-state index contributed by atoms with van der Waals surface area (Å²) in [6.45, 7) is 4.25. The fraction of sp³-hybridized carbons (Fsp3) is 0.0333. The summed E-state index contributed by atoms with van der Waals surface area (Å²) in [5.41, 5.74) is 15.4. The van der Waals surface area contributed by atoms with Gasteiger partial charge >= 0.3 is 0 Å². The second-order valence-corrected chi connectivity index (χ2v) is 16.9. The maximum absolute atomic E-state index is 11.7. The number of fused-ring (bicyclic) bond motifs is 6. The molecule has 0 bridgehead atoms. The van der Waals surface area contributed by atoms with Gasteiger partial charge in [0.15, 0.2) is 17.5 Å². The summed E-state index contributed by atoms with van der Waals surface area (Å²) in [6.07, 6.45) is 0. The quantitative estimate of drug-likeness (QED) is 0.160. The lowest BCUT2D eigenvalue weighted by Gasteiger charge is -2.18. The van der Waals surface area contributed by atoms with Crippen LogP contribution in [-0.2, 0) is 0 Å². The lowest BCUT2D eigenvalue weighted by Crippen LogP contribution is -2.07. The van der Waals surface area contributed by atoms with Crippen molar-refractivity contribution < 1.29 is 0 Å². The molecule has 6 nitrogen and oxygen atoms in total. The Morgan fingerprint density at radius 1 is 0.333 bits per heavy atom. The Bertz CT molecular complexity index is 3670. The number of nitriles is 1. The van der Waals surface area contributed by atoms with Crippen molar-refractivity contribution in [2.45, 2.75) is 13.8 Å². The predicted molar refractivity (Wildman–Crippen MR) is 270 cm³/mol. The second-order valence-electron chi connectivity index (χ2n) is 16.9. The molecule has 0 unspecified atom stereocenters. The van der Waals surface area contributed by atoms with Gasteiger partial charge in [-0.15, -0.1) is 0 Å². The third kappa shape index (κ3) is 6.53. The average molecular weight is 845 g/mol. The van der Waals surface area contributed by atoms with E-state index in [-0.39, 0.29) is 0 Å². The molecule has 66 heavy (non-hydrogen) atoms. The highest BCUT2D eigenvalue weighted by molar-refractivity contribution is 6.12. The van der Waals surface area contributed by atoms with Crippen molar-refractivity contribution in [3.8, 4) is 73.9 Å². The number of rotatable bonds is 7. The summed E-state index contributed by atoms with van der Waals surface area (Å²) in [5, 5.41) is 16.0. The Balaban J connectivity index is 1.18. The van der Waals surface area contributed by atoms with Crippen LogP contribution in [0.15, 0.2) is 206 Å². The molecule has 0 fully saturated rings. The summed E-state index contributed by atoms with van der Waals surface area (Å²) < 4.78 is 4.49. The summed E-state index contributed by atoms with van der Waals surface area (Å²) in [6, 6.07) is 74.5. The van der Waals surface area contributed by atoms with Gasteiger partial charge in [-0.25, -0.2) is 15.0 Å². The van der Waals surface area contributed by atoms with Crippen LogP contribution in [0.1, 0.15) is 16.7 Å². The number of nitrogens with zero attached hydrogens (tertiary/aromatic N) is 6. The Morgan fingerprint density at radius 2 is 0.712 bits per heavy atom. The zero-order valence-electron chi connectivity index (χ0n) is 36.3. The maximum Gasteiger partial charge on any atom is 0.164 e. The molecule has 0 saturated heterocycles. The first-order valence-electron chi connectivity index (χ1n) is 22.2. The molecule has 6 heteroatoms. The van der Waals surface area contributed by atoms with Crippen LogP contribution in [-0.4, -0.2) is 24.1 Å². The highest BCUT2D eigenvalue weighted by atomic mass is 15.1. The topological polar surface area (TPSA) is 72.3 Å². The van der Waals surface area contributed by atoms with E-state index in [0.29, 0.717) is 23.0 Å². The van der Waals surface area contributed by atoms with Gasteiger partial charge in [-0.2, -0.15) is 5.26 Å². The maximum atomic E-state index is 11.7. The minimum atomic E-state index is 0.500. The molecule has 310 valence electrons. The van der Waals surface area contributed by atoms with Crippen molar-refractivity contribution >= 4 is 43.6 Å². The van der Waals surface area contributed by atoms with Gasteiger partial charge < -0.3 is 9.13 Å². The molecular formula is C60H40N6. The van der Waals surface area contributed by atoms with E-state index in [1.165, 1.54) is 11.1 Å². The lowest BCUT2D eigenvalue weighted by atomic mass is 10.0. The molecule has 12 rings (SSSR count). The molecule has 3 heterocycles. The van der Waals surface area contributed by atoms with Crippen molar-refractivity contribution in [3.63, 3.8) is 0 Å². The van der Waals surface area contributed by atoms with Crippen molar-refractivity contribution in [2.75, 3.05) is 0 Å². The highest BCUT2D eigenvalue weighted by Gasteiger charge is 2.24. The minimum Gasteiger partial charge on any atom is -0.308 e. The van der Waals surface area contributed by atoms with Crippen LogP contribution >= 0.6 is 0 Å². The average Bonchev–Trinajstić information content (AvgIpc) is 3.88. The van der Waals surface area contributed by atoms with Crippen molar-refractivity contribution in [3.05, 3.63) is 223 Å². The Morgan fingerprint density at radius 3 is 1.15 bits per heavy atom. The Kier molecular flexibility index (Phi) is 9.22. The third-order valence-electron chi connectivity index (χ3n) is 12.7. The zero-order valence-corrected chi connectivity index (χ0v) is 36.3. The molecule has 9 aromatic carbocycles. The number of aryl methyl sites for hydroxylation is 2. The van der Waals surface area contributed by atoms with Gasteiger partial charge in [0.05, 0.1) is 33.4 Å². The largest absolute Gasteiger partial charge is 0.308 e. The predicted octanol–water partition coefficient (Wildman–Crippen LogP) is 14.9. The monoisotopic (exact) mass is 844 g/mol. The number of aromatic nitrogens is 5. The summed E-state index contributed by atoms with van der Waals surface area (Å²) in [4.78, 5) is 15.5. The van der Waals surface area contributed by atoms with Crippen LogP contribution in [0.3, 0.4) is 0 Å². The number of para-hydroxylation sites is 2. The SMILES string of the molecule is Cc1cccc(-c2ccc3c(c2)c2ccccc2n3-c2cc(-c3nc(-c4ccccc4)nc(-c4ccccc4)n3)cc(-n3c4ccccc4c4cc(-c5cccc(C)c5)ccc43)c2C#N)c1. The zero-order chi connectivity index (χ0) is 44.3. The second kappa shape index (κ2) is 15.7. The smallest absolute Gasteiger partial charge is 0.164 e. The fourth-order valence-corrected chi connectivity index (χ4v) is 9.62. The van der Waals surface area contributed by atoms with E-state index in [2.05, 4.69) is 175 Å². The van der Waals surface area contributed by atoms with Crippen molar-refractivity contribution in [1.82, 2.24) is 24.1 Å². The standard InChI is InChI=1S/C60H40N6/c1-38-15-13-21-42(31-38)44-27-29-54-49(33-44)47-23-9-11-25-52(47)65(54)56-35-46(60-63-58(40-17-5-3-6-18-40)62-59(64-60)41-19-7-4-8-20-41)36-57(51(56)37-61)66-53-26-12-10-24-48(53)50-34-45(28-30-55(50)66)43-22-14-16-39(2)32-43/h3-36H,1-2H3. The first kappa shape index (κ1) is 38.7. The van der Waals surface area contributed by atoms with E-state index < -0.39 is 0 Å². The first-order valence-corrected chi connectivity index (χ1v) is 22.2. The molecule has 0 N–H and O–H groups in total. The van der Waals surface area contributed by atoms with Crippen LogP contribution in [0.2, 0.25) is 0 Å². The molecule has 12 aromatic rings. The number of benzene rings is 9. The van der Waals surface area contributed by atoms with Gasteiger partial charge in [-0.05, 0) is 84.6 Å². The van der Waals surface area contributed by atoms with E-state index in [0.717, 1.165) is 93.9 Å². The molecule has 0 radical (unpaired) electrons. The summed E-state index contributed by atoms with van der Waals surface area (Å²) >= 11 is 0. The van der Waals surface area contributed by atoms with Crippen molar-refractivity contribution in [2.24, 2.45) is 0 Å². The van der Waals surface area contributed by atoms with Crippen LogP contribution < -0.4 is 0 Å². The molecule has 3 aromatic heterocycles. The Hall–Kier alpha value is -8.92. The van der Waals surface area contributed by atoms with E-state index in [9.17, 15) is 5.26 Å². The van der Waals surface area contributed by atoms with Gasteiger partial charge in [0.25, 0.3) is 0 Å². The first-order chi connectivity index (χ1) is 32.5. The van der Waals surface area contributed by atoms with Gasteiger partial charge in [-0.3, -0.25) is 0 Å². The minimum absolute atomic E-state index is 0.500. The molecule has 0 saturated carbocycles. The van der Waals surface area contributed by atoms with E-state index in [4.69, 9.17) is 15.0 Å². The number of hydrogen-bond donors (Lipinski definition) is 0. The van der Waals surface area contributed by atoms with E-state index >= 15 is 0 Å². The van der Waals surface area contributed by atoms with E-state index in [1.54, 1.807) is 0 Å². The van der Waals surface area contributed by atoms with Gasteiger partial charge in [0.2, 0.25) is 0 Å². The number of hydrogen-bond acceptors (Lipinski definition) is 4. The molecule has 0 spiro atoms. The van der Waals surface area contributed by atoms with Gasteiger partial charge in [0, 0.05) is 38.2 Å². The van der Waals surface area contributed by atoms with Crippen LogP contribution in [0, 0.1) is 25.2 Å². The molecule has 0 aliphatic carbocycles. The van der Waals surface area contributed by atoms with Crippen LogP contribution in [0.5, 0.6) is 0 Å². The molecular weight excluding hydrogens is 805 g/mol. The highest BCUT2D eigenvalue weighted by Crippen LogP contribution is 2.42.